The van der Waals surface area contributed by atoms with Crippen molar-refractivity contribution in [2.45, 2.75) is 58.4 Å². The lowest BCUT2D eigenvalue weighted by molar-refractivity contribution is 0.287. The van der Waals surface area contributed by atoms with Crippen molar-refractivity contribution in [3.63, 3.8) is 0 Å². The molecule has 0 amide bonds. The Bertz CT molecular complexity index is 525. The molecule has 24 heavy (non-hydrogen) atoms. The number of rotatable bonds is 8. The van der Waals surface area contributed by atoms with Crippen LogP contribution in [0.15, 0.2) is 23.2 Å². The average molecular weight is 333 g/mol. The Morgan fingerprint density at radius 1 is 1.12 bits per heavy atom. The van der Waals surface area contributed by atoms with Gasteiger partial charge in [0, 0.05) is 12.6 Å². The van der Waals surface area contributed by atoms with Gasteiger partial charge in [0.25, 0.3) is 0 Å². The van der Waals surface area contributed by atoms with E-state index in [-0.39, 0.29) is 0 Å². The second kappa shape index (κ2) is 10.1. The average Bonchev–Trinajstić information content (AvgIpc) is 2.58. The number of nitrogens with two attached hydrogens (primary N) is 1. The van der Waals surface area contributed by atoms with Crippen LogP contribution in [-0.2, 0) is 6.42 Å². The van der Waals surface area contributed by atoms with Crippen molar-refractivity contribution in [1.82, 2.24) is 5.32 Å². The van der Waals surface area contributed by atoms with Crippen LogP contribution in [0.25, 0.3) is 0 Å². The summed E-state index contributed by atoms with van der Waals surface area (Å²) in [6, 6.07) is 6.57. The van der Waals surface area contributed by atoms with Gasteiger partial charge in [-0.1, -0.05) is 25.3 Å². The molecule has 134 valence electrons. The fourth-order valence-corrected chi connectivity index (χ4v) is 3.06. The van der Waals surface area contributed by atoms with Crippen molar-refractivity contribution < 1.29 is 9.47 Å². The third-order valence-electron chi connectivity index (χ3n) is 4.25. The Balaban J connectivity index is 1.86. The maximum Gasteiger partial charge on any atom is 0.188 e. The molecule has 5 nitrogen and oxygen atoms in total. The molecule has 1 aliphatic carbocycles. The Morgan fingerprint density at radius 3 is 2.54 bits per heavy atom. The first-order chi connectivity index (χ1) is 11.7. The molecule has 1 aliphatic rings. The highest BCUT2D eigenvalue weighted by Crippen LogP contribution is 2.28. The zero-order valence-corrected chi connectivity index (χ0v) is 15.0. The van der Waals surface area contributed by atoms with Gasteiger partial charge in [-0.25, -0.2) is 0 Å². The number of ether oxygens (including phenoxy) is 2. The lowest BCUT2D eigenvalue weighted by atomic mass is 9.96. The maximum atomic E-state index is 6.00. The van der Waals surface area contributed by atoms with Gasteiger partial charge < -0.3 is 20.5 Å². The van der Waals surface area contributed by atoms with Crippen molar-refractivity contribution >= 4 is 5.96 Å². The number of nitrogens with one attached hydrogen (secondary N) is 1. The van der Waals surface area contributed by atoms with Crippen LogP contribution in [0, 0.1) is 0 Å². The molecule has 0 aromatic heterocycles. The van der Waals surface area contributed by atoms with Gasteiger partial charge in [0.2, 0.25) is 0 Å². The van der Waals surface area contributed by atoms with Crippen LogP contribution in [0.1, 0.15) is 51.5 Å². The molecule has 3 N–H and O–H groups in total. The van der Waals surface area contributed by atoms with Crippen molar-refractivity contribution in [3.8, 4) is 11.5 Å². The first-order valence-electron chi connectivity index (χ1n) is 9.18. The molecule has 0 unspecified atom stereocenters. The monoisotopic (exact) mass is 333 g/mol. The number of hydrogen-bond donors (Lipinski definition) is 2. The van der Waals surface area contributed by atoms with Crippen LogP contribution in [0.2, 0.25) is 0 Å². The molecule has 0 radical (unpaired) electrons. The first-order valence-corrected chi connectivity index (χ1v) is 9.18. The zero-order valence-electron chi connectivity index (χ0n) is 15.0. The van der Waals surface area contributed by atoms with E-state index in [1.807, 2.05) is 26.0 Å². The predicted molar refractivity (Wildman–Crippen MR) is 99.0 cm³/mol. The lowest BCUT2D eigenvalue weighted by Crippen LogP contribution is -2.41. The summed E-state index contributed by atoms with van der Waals surface area (Å²) in [4.78, 5) is 4.46. The second-order valence-electron chi connectivity index (χ2n) is 6.14. The highest BCUT2D eigenvalue weighted by molar-refractivity contribution is 5.78. The van der Waals surface area contributed by atoms with Gasteiger partial charge in [-0.15, -0.1) is 0 Å². The summed E-state index contributed by atoms with van der Waals surface area (Å²) < 4.78 is 11.2. The highest BCUT2D eigenvalue weighted by atomic mass is 16.5. The van der Waals surface area contributed by atoms with Crippen LogP contribution in [-0.4, -0.2) is 31.8 Å². The van der Waals surface area contributed by atoms with Crippen molar-refractivity contribution in [3.05, 3.63) is 23.8 Å². The Kier molecular flexibility index (Phi) is 7.72. The van der Waals surface area contributed by atoms with E-state index in [1.54, 1.807) is 0 Å². The van der Waals surface area contributed by atoms with E-state index in [2.05, 4.69) is 16.4 Å². The summed E-state index contributed by atoms with van der Waals surface area (Å²) in [5.74, 6) is 2.16. The third-order valence-corrected chi connectivity index (χ3v) is 4.25. The maximum absolute atomic E-state index is 6.00. The fourth-order valence-electron chi connectivity index (χ4n) is 3.06. The van der Waals surface area contributed by atoms with Gasteiger partial charge in [0.15, 0.2) is 17.5 Å². The summed E-state index contributed by atoms with van der Waals surface area (Å²) in [5.41, 5.74) is 7.18. The van der Waals surface area contributed by atoms with Crippen molar-refractivity contribution in [1.29, 1.82) is 0 Å². The summed E-state index contributed by atoms with van der Waals surface area (Å²) in [6.07, 6.45) is 7.16. The molecule has 1 saturated carbocycles. The van der Waals surface area contributed by atoms with Gasteiger partial charge in [-0.2, -0.15) is 0 Å². The van der Waals surface area contributed by atoms with Crippen LogP contribution < -0.4 is 20.5 Å². The van der Waals surface area contributed by atoms with E-state index in [0.29, 0.717) is 31.8 Å². The summed E-state index contributed by atoms with van der Waals surface area (Å²) >= 11 is 0. The minimum absolute atomic E-state index is 0.498. The molecule has 0 saturated heterocycles. The summed E-state index contributed by atoms with van der Waals surface area (Å²) in [7, 11) is 0. The molecule has 0 heterocycles. The lowest BCUT2D eigenvalue weighted by Gasteiger charge is -2.23. The largest absolute Gasteiger partial charge is 0.490 e. The molecule has 0 atom stereocenters. The van der Waals surface area contributed by atoms with Crippen LogP contribution >= 0.6 is 0 Å². The van der Waals surface area contributed by atoms with Crippen LogP contribution in [0.5, 0.6) is 11.5 Å². The quantitative estimate of drug-likeness (QED) is 0.566. The molecular weight excluding hydrogens is 302 g/mol. The molecular formula is C19H31N3O2. The van der Waals surface area contributed by atoms with Gasteiger partial charge >= 0.3 is 0 Å². The smallest absolute Gasteiger partial charge is 0.188 e. The molecule has 0 aliphatic heterocycles. The Labute approximate surface area is 145 Å². The van der Waals surface area contributed by atoms with E-state index in [1.165, 1.54) is 37.7 Å². The molecule has 1 aromatic rings. The molecule has 5 heteroatoms. The van der Waals surface area contributed by atoms with E-state index >= 15 is 0 Å². The summed E-state index contributed by atoms with van der Waals surface area (Å²) in [6.45, 7) is 5.88. The third kappa shape index (κ3) is 5.95. The van der Waals surface area contributed by atoms with E-state index in [9.17, 15) is 0 Å². The van der Waals surface area contributed by atoms with Gasteiger partial charge in [-0.3, -0.25) is 4.99 Å². The van der Waals surface area contributed by atoms with E-state index in [0.717, 1.165) is 17.9 Å². The number of aliphatic imine (C=N–C) groups is 1. The Hall–Kier alpha value is -1.91. The fraction of sp³-hybridized carbons (Fsp3) is 0.632. The molecule has 1 fully saturated rings. The minimum Gasteiger partial charge on any atom is -0.490 e. The standard InChI is InChI=1S/C19H31N3O2/c1-3-23-17-11-10-15(14-18(17)24-4-2)12-13-21-19(20)22-16-8-6-5-7-9-16/h10-11,14,16H,3-9,12-13H2,1-2H3,(H3,20,21,22). The van der Waals surface area contributed by atoms with Crippen LogP contribution in [0.4, 0.5) is 0 Å². The number of guanidine groups is 1. The zero-order chi connectivity index (χ0) is 17.2. The second-order valence-corrected chi connectivity index (χ2v) is 6.14. The van der Waals surface area contributed by atoms with E-state index < -0.39 is 0 Å². The van der Waals surface area contributed by atoms with Gasteiger partial charge in [0.05, 0.1) is 13.2 Å². The Morgan fingerprint density at radius 2 is 1.83 bits per heavy atom. The molecule has 0 spiro atoms. The topological polar surface area (TPSA) is 68.9 Å². The van der Waals surface area contributed by atoms with E-state index in [4.69, 9.17) is 15.2 Å². The van der Waals surface area contributed by atoms with Gasteiger partial charge in [-0.05, 0) is 50.8 Å². The number of benzene rings is 1. The van der Waals surface area contributed by atoms with Gasteiger partial charge in [0.1, 0.15) is 0 Å². The number of hydrogen-bond acceptors (Lipinski definition) is 3. The SMILES string of the molecule is CCOc1ccc(CCN=C(N)NC2CCCCC2)cc1OCC. The minimum atomic E-state index is 0.498. The highest BCUT2D eigenvalue weighted by Gasteiger charge is 2.13. The molecule has 0 bridgehead atoms. The molecule has 2 rings (SSSR count). The van der Waals surface area contributed by atoms with Crippen LogP contribution in [0.3, 0.4) is 0 Å². The van der Waals surface area contributed by atoms with Crippen molar-refractivity contribution in [2.24, 2.45) is 10.7 Å². The molecule has 1 aromatic carbocycles. The normalized spacial score (nSPS) is 16.0. The van der Waals surface area contributed by atoms with Crippen molar-refractivity contribution in [2.75, 3.05) is 19.8 Å². The summed E-state index contributed by atoms with van der Waals surface area (Å²) in [5, 5.41) is 3.35. The predicted octanol–water partition coefficient (Wildman–Crippen LogP) is 3.26. The number of nitrogens with zero attached hydrogens (tertiary/aromatic N) is 1. The first kappa shape index (κ1) is 18.4.